The summed E-state index contributed by atoms with van der Waals surface area (Å²) in [6, 6.07) is 7.10. The van der Waals surface area contributed by atoms with Crippen LogP contribution >= 0.6 is 0 Å². The van der Waals surface area contributed by atoms with Crippen molar-refractivity contribution in [2.24, 2.45) is 11.8 Å². The second kappa shape index (κ2) is 4.15. The van der Waals surface area contributed by atoms with Gasteiger partial charge in [-0.05, 0) is 31.0 Å². The molecular weight excluding hydrogens is 203 g/mol. The molecule has 2 nitrogen and oxygen atoms in total. The fraction of sp³-hybridized carbons (Fsp3) is 0.538. The Bertz CT molecular complexity index is 368. The number of rotatable bonds is 2. The maximum absolute atomic E-state index is 13.5. The Morgan fingerprint density at radius 2 is 1.88 bits per heavy atom. The molecule has 0 aromatic heterocycles. The van der Waals surface area contributed by atoms with Crippen LogP contribution in [-0.2, 0) is 6.54 Å². The van der Waals surface area contributed by atoms with E-state index in [4.69, 9.17) is 0 Å². The highest BCUT2D eigenvalue weighted by atomic mass is 19.1. The molecule has 3 heteroatoms. The zero-order valence-electron chi connectivity index (χ0n) is 9.32. The van der Waals surface area contributed by atoms with Crippen LogP contribution in [0.2, 0.25) is 0 Å². The molecule has 0 spiro atoms. The van der Waals surface area contributed by atoms with E-state index in [1.807, 2.05) is 12.1 Å². The first-order chi connectivity index (χ1) is 7.83. The number of halogens is 1. The topological polar surface area (TPSA) is 15.3 Å². The quantitative estimate of drug-likeness (QED) is 0.812. The molecule has 0 aliphatic carbocycles. The van der Waals surface area contributed by atoms with Gasteiger partial charge in [0.1, 0.15) is 5.82 Å². The van der Waals surface area contributed by atoms with Gasteiger partial charge in [-0.1, -0.05) is 18.2 Å². The van der Waals surface area contributed by atoms with Gasteiger partial charge in [-0.25, -0.2) is 4.39 Å². The molecule has 0 saturated carbocycles. The molecule has 2 atom stereocenters. The molecule has 1 N–H and O–H groups in total. The van der Waals surface area contributed by atoms with Crippen molar-refractivity contribution < 1.29 is 4.39 Å². The molecule has 2 unspecified atom stereocenters. The van der Waals surface area contributed by atoms with Gasteiger partial charge in [0.2, 0.25) is 0 Å². The third kappa shape index (κ3) is 1.85. The summed E-state index contributed by atoms with van der Waals surface area (Å²) in [6.07, 6.45) is 0. The molecule has 0 radical (unpaired) electrons. The maximum Gasteiger partial charge on any atom is 0.127 e. The second-order valence-electron chi connectivity index (χ2n) is 4.96. The van der Waals surface area contributed by atoms with Crippen LogP contribution in [0.4, 0.5) is 4.39 Å². The van der Waals surface area contributed by atoms with E-state index in [9.17, 15) is 4.39 Å². The molecule has 1 aromatic rings. The van der Waals surface area contributed by atoms with Crippen LogP contribution in [0.5, 0.6) is 0 Å². The van der Waals surface area contributed by atoms with Crippen molar-refractivity contribution >= 4 is 0 Å². The average Bonchev–Trinajstić information content (AvgIpc) is 2.81. The third-order valence-corrected chi connectivity index (χ3v) is 3.82. The van der Waals surface area contributed by atoms with Gasteiger partial charge in [0.05, 0.1) is 0 Å². The number of likely N-dealkylation sites (tertiary alicyclic amines) is 1. The number of benzene rings is 1. The zero-order valence-corrected chi connectivity index (χ0v) is 9.32. The minimum Gasteiger partial charge on any atom is -0.316 e. The van der Waals surface area contributed by atoms with E-state index in [0.29, 0.717) is 0 Å². The molecule has 86 valence electrons. The van der Waals surface area contributed by atoms with Crippen LogP contribution in [0.1, 0.15) is 5.56 Å². The van der Waals surface area contributed by atoms with Crippen molar-refractivity contribution in [1.29, 1.82) is 0 Å². The van der Waals surface area contributed by atoms with Gasteiger partial charge >= 0.3 is 0 Å². The minimum atomic E-state index is -0.0716. The molecular formula is C13H17FN2. The highest BCUT2D eigenvalue weighted by molar-refractivity contribution is 5.17. The monoisotopic (exact) mass is 220 g/mol. The van der Waals surface area contributed by atoms with Crippen LogP contribution in [0.15, 0.2) is 24.3 Å². The van der Waals surface area contributed by atoms with E-state index < -0.39 is 0 Å². The van der Waals surface area contributed by atoms with Crippen LogP contribution < -0.4 is 5.32 Å². The number of hydrogen-bond acceptors (Lipinski definition) is 2. The average molecular weight is 220 g/mol. The van der Waals surface area contributed by atoms with E-state index >= 15 is 0 Å². The van der Waals surface area contributed by atoms with Crippen molar-refractivity contribution in [2.45, 2.75) is 6.54 Å². The van der Waals surface area contributed by atoms with Crippen LogP contribution in [-0.4, -0.2) is 31.1 Å². The molecule has 2 fully saturated rings. The summed E-state index contributed by atoms with van der Waals surface area (Å²) in [4.78, 5) is 2.38. The molecule has 2 saturated heterocycles. The fourth-order valence-corrected chi connectivity index (χ4v) is 2.95. The van der Waals surface area contributed by atoms with Gasteiger partial charge in [0.25, 0.3) is 0 Å². The van der Waals surface area contributed by atoms with E-state index in [-0.39, 0.29) is 5.82 Å². The Morgan fingerprint density at radius 1 is 1.19 bits per heavy atom. The standard InChI is InChI=1S/C13H17FN2/c14-13-4-2-1-3-10(13)7-16-8-11-5-15-6-12(11)9-16/h1-4,11-12,15H,5-9H2. The Balaban J connectivity index is 1.66. The highest BCUT2D eigenvalue weighted by Crippen LogP contribution is 2.27. The molecule has 0 bridgehead atoms. The normalized spacial score (nSPS) is 29.6. The highest BCUT2D eigenvalue weighted by Gasteiger charge is 2.35. The predicted octanol–water partition coefficient (Wildman–Crippen LogP) is 1.48. The van der Waals surface area contributed by atoms with Crippen molar-refractivity contribution in [3.8, 4) is 0 Å². The lowest BCUT2D eigenvalue weighted by Crippen LogP contribution is -2.25. The van der Waals surface area contributed by atoms with E-state index in [2.05, 4.69) is 10.2 Å². The summed E-state index contributed by atoms with van der Waals surface area (Å²) < 4.78 is 13.5. The van der Waals surface area contributed by atoms with Crippen molar-refractivity contribution in [1.82, 2.24) is 10.2 Å². The largest absolute Gasteiger partial charge is 0.316 e. The summed E-state index contributed by atoms with van der Waals surface area (Å²) in [6.45, 7) is 5.27. The predicted molar refractivity (Wildman–Crippen MR) is 61.5 cm³/mol. The molecule has 1 aromatic carbocycles. The number of hydrogen-bond donors (Lipinski definition) is 1. The molecule has 2 aliphatic heterocycles. The van der Waals surface area contributed by atoms with Gasteiger partial charge in [0, 0.05) is 25.2 Å². The summed E-state index contributed by atoms with van der Waals surface area (Å²) in [5.41, 5.74) is 0.829. The van der Waals surface area contributed by atoms with Gasteiger partial charge < -0.3 is 5.32 Å². The lowest BCUT2D eigenvalue weighted by Gasteiger charge is -2.17. The second-order valence-corrected chi connectivity index (χ2v) is 4.96. The molecule has 3 rings (SSSR count). The molecule has 2 aliphatic rings. The van der Waals surface area contributed by atoms with E-state index in [1.165, 1.54) is 0 Å². The van der Waals surface area contributed by atoms with Crippen molar-refractivity contribution in [3.05, 3.63) is 35.6 Å². The van der Waals surface area contributed by atoms with Crippen LogP contribution in [0, 0.1) is 17.7 Å². The summed E-state index contributed by atoms with van der Waals surface area (Å²) in [5, 5.41) is 3.42. The lowest BCUT2D eigenvalue weighted by atomic mass is 10.0. The van der Waals surface area contributed by atoms with Crippen molar-refractivity contribution in [2.75, 3.05) is 26.2 Å². The Kier molecular flexibility index (Phi) is 2.65. The summed E-state index contributed by atoms with van der Waals surface area (Å²) in [7, 11) is 0. The molecule has 2 heterocycles. The van der Waals surface area contributed by atoms with Gasteiger partial charge in [-0.15, -0.1) is 0 Å². The number of fused-ring (bicyclic) bond motifs is 1. The van der Waals surface area contributed by atoms with Crippen LogP contribution in [0.3, 0.4) is 0 Å². The molecule has 0 amide bonds. The molecule has 16 heavy (non-hydrogen) atoms. The Labute approximate surface area is 95.4 Å². The zero-order chi connectivity index (χ0) is 11.0. The fourth-order valence-electron chi connectivity index (χ4n) is 2.95. The minimum absolute atomic E-state index is 0.0716. The van der Waals surface area contributed by atoms with Gasteiger partial charge in [-0.2, -0.15) is 0 Å². The lowest BCUT2D eigenvalue weighted by molar-refractivity contribution is 0.301. The first kappa shape index (κ1) is 10.2. The first-order valence-corrected chi connectivity index (χ1v) is 5.99. The SMILES string of the molecule is Fc1ccccc1CN1CC2CNCC2C1. The van der Waals surface area contributed by atoms with Gasteiger partial charge in [-0.3, -0.25) is 4.90 Å². The Morgan fingerprint density at radius 3 is 2.56 bits per heavy atom. The van der Waals surface area contributed by atoms with Crippen molar-refractivity contribution in [3.63, 3.8) is 0 Å². The van der Waals surface area contributed by atoms with E-state index in [1.54, 1.807) is 12.1 Å². The smallest absolute Gasteiger partial charge is 0.127 e. The van der Waals surface area contributed by atoms with Crippen LogP contribution in [0.25, 0.3) is 0 Å². The number of nitrogens with one attached hydrogen (secondary N) is 1. The Hall–Kier alpha value is -0.930. The summed E-state index contributed by atoms with van der Waals surface area (Å²) in [5.74, 6) is 1.50. The first-order valence-electron chi connectivity index (χ1n) is 5.99. The third-order valence-electron chi connectivity index (χ3n) is 3.82. The number of nitrogens with zero attached hydrogens (tertiary/aromatic N) is 1. The van der Waals surface area contributed by atoms with E-state index in [0.717, 1.165) is 50.1 Å². The van der Waals surface area contributed by atoms with Gasteiger partial charge in [0.15, 0.2) is 0 Å². The summed E-state index contributed by atoms with van der Waals surface area (Å²) >= 11 is 0. The maximum atomic E-state index is 13.5.